The fraction of sp³-hybridized carbons (Fsp3) is 0.306. The van der Waals surface area contributed by atoms with Crippen molar-refractivity contribution < 1.29 is 39.3 Å². The Bertz CT molecular complexity index is 1910. The van der Waals surface area contributed by atoms with E-state index >= 15 is 0 Å². The van der Waals surface area contributed by atoms with Crippen LogP contribution in [0.5, 0.6) is 0 Å². The van der Waals surface area contributed by atoms with Crippen molar-refractivity contribution in [1.82, 2.24) is 24.7 Å². The summed E-state index contributed by atoms with van der Waals surface area (Å²) in [6.45, 7) is 0.800. The minimum Gasteiger partial charge on any atom is -0.480 e. The molecule has 2 aromatic carbocycles. The fourth-order valence-electron chi connectivity index (χ4n) is 5.03. The Hall–Kier alpha value is -5.99. The number of hydrogen-bond acceptors (Lipinski definition) is 11. The largest absolute Gasteiger partial charge is 0.480 e. The predicted octanol–water partition coefficient (Wildman–Crippen LogP) is 0.731. The highest BCUT2D eigenvalue weighted by atomic mass is 16.4. The number of hydrogen-bond donors (Lipinski definition) is 6. The third kappa shape index (κ3) is 14.1. The maximum Gasteiger partial charge on any atom is 0.317 e. The van der Waals surface area contributed by atoms with Gasteiger partial charge in [-0.3, -0.25) is 43.7 Å². The number of aliphatic carboxylic acids is 3. The molecule has 2 aromatic heterocycles. The molecule has 0 saturated carbocycles. The second-order valence-electron chi connectivity index (χ2n) is 11.5. The number of fused-ring (bicyclic) bond motifs is 3. The van der Waals surface area contributed by atoms with Crippen molar-refractivity contribution in [3.05, 3.63) is 78.1 Å². The number of nitrogens with two attached hydrogens (primary N) is 2. The van der Waals surface area contributed by atoms with E-state index in [9.17, 15) is 34.2 Å². The summed E-state index contributed by atoms with van der Waals surface area (Å²) >= 11 is 0. The quantitative estimate of drug-likeness (QED) is 0.0653. The average Bonchev–Trinajstić information content (AvgIpc) is 3.08. The molecule has 2 heterocycles. The Morgan fingerprint density at radius 1 is 0.692 bits per heavy atom. The summed E-state index contributed by atoms with van der Waals surface area (Å²) in [6, 6.07) is 18.4. The lowest BCUT2D eigenvalue weighted by atomic mass is 10.1. The van der Waals surface area contributed by atoms with Gasteiger partial charge in [0.25, 0.3) is 0 Å². The maximum absolute atomic E-state index is 12.8. The molecule has 0 bridgehead atoms. The fourth-order valence-corrected chi connectivity index (χ4v) is 5.03. The molecule has 0 atom stereocenters. The molecule has 274 valence electrons. The van der Waals surface area contributed by atoms with Crippen LogP contribution >= 0.6 is 0 Å². The first-order chi connectivity index (χ1) is 24.9. The molecule has 0 unspecified atom stereocenters. The van der Waals surface area contributed by atoms with Crippen LogP contribution in [0.15, 0.2) is 66.9 Å². The first-order valence-corrected chi connectivity index (χ1v) is 16.2. The van der Waals surface area contributed by atoms with Gasteiger partial charge in [-0.2, -0.15) is 0 Å². The van der Waals surface area contributed by atoms with Crippen molar-refractivity contribution >= 4 is 57.2 Å². The van der Waals surface area contributed by atoms with Crippen molar-refractivity contribution in [2.45, 2.75) is 6.92 Å². The maximum atomic E-state index is 12.8. The number of benzene rings is 2. The molecular formula is C36H42N8O8. The van der Waals surface area contributed by atoms with E-state index in [-0.39, 0.29) is 39.3 Å². The lowest BCUT2D eigenvalue weighted by Crippen LogP contribution is -2.46. The van der Waals surface area contributed by atoms with E-state index in [0.717, 1.165) is 28.4 Å². The molecular weight excluding hydrogens is 672 g/mol. The van der Waals surface area contributed by atoms with Gasteiger partial charge in [-0.05, 0) is 54.9 Å². The number of pyridine rings is 2. The molecule has 2 amide bonds. The summed E-state index contributed by atoms with van der Waals surface area (Å²) in [5.74, 6) is 1.38. The Labute approximate surface area is 300 Å². The first kappa shape index (κ1) is 40.4. The summed E-state index contributed by atoms with van der Waals surface area (Å²) in [7, 11) is 0. The Kier molecular flexibility index (Phi) is 16.0. The molecule has 16 heteroatoms. The zero-order valence-electron chi connectivity index (χ0n) is 28.7. The average molecular weight is 715 g/mol. The van der Waals surface area contributed by atoms with E-state index < -0.39 is 49.4 Å². The minimum absolute atomic E-state index is 0.0188. The molecule has 8 N–H and O–H groups in total. The van der Waals surface area contributed by atoms with Crippen LogP contribution in [0.2, 0.25) is 0 Å². The van der Waals surface area contributed by atoms with Gasteiger partial charge in [-0.1, -0.05) is 31.0 Å². The molecule has 0 aliphatic carbocycles. The van der Waals surface area contributed by atoms with Crippen LogP contribution in [0, 0.1) is 11.8 Å². The van der Waals surface area contributed by atoms with Crippen molar-refractivity contribution in [3.8, 4) is 11.8 Å². The highest BCUT2D eigenvalue weighted by molar-refractivity contribution is 6.02. The molecule has 4 rings (SSSR count). The van der Waals surface area contributed by atoms with E-state index in [0.29, 0.717) is 16.9 Å². The van der Waals surface area contributed by atoms with E-state index in [1.165, 1.54) is 14.7 Å². The van der Waals surface area contributed by atoms with E-state index in [2.05, 4.69) is 27.1 Å². The van der Waals surface area contributed by atoms with E-state index in [1.54, 1.807) is 30.5 Å². The molecule has 0 fully saturated rings. The van der Waals surface area contributed by atoms with Gasteiger partial charge in [0.1, 0.15) is 5.69 Å². The van der Waals surface area contributed by atoms with Gasteiger partial charge in [-0.15, -0.1) is 0 Å². The Morgan fingerprint density at radius 2 is 1.21 bits per heavy atom. The monoisotopic (exact) mass is 714 g/mol. The van der Waals surface area contributed by atoms with Gasteiger partial charge in [-0.25, -0.2) is 4.98 Å². The topological polar surface area (TPSA) is 246 Å². The van der Waals surface area contributed by atoms with Crippen LogP contribution < -0.4 is 16.8 Å². The van der Waals surface area contributed by atoms with Crippen molar-refractivity contribution in [2.75, 3.05) is 70.8 Å². The van der Waals surface area contributed by atoms with Gasteiger partial charge < -0.3 is 32.1 Å². The highest BCUT2D eigenvalue weighted by Crippen LogP contribution is 2.22. The number of anilines is 1. The number of nitrogens with zero attached hydrogens (tertiary/aromatic N) is 5. The molecule has 0 aliphatic heterocycles. The summed E-state index contributed by atoms with van der Waals surface area (Å²) in [5.41, 5.74) is 13.3. The van der Waals surface area contributed by atoms with Crippen LogP contribution in [0.3, 0.4) is 0 Å². The van der Waals surface area contributed by atoms with Crippen LogP contribution in [0.4, 0.5) is 5.69 Å². The number of carbonyl (C=O) groups is 5. The zero-order valence-corrected chi connectivity index (χ0v) is 28.7. The van der Waals surface area contributed by atoms with Gasteiger partial charge in [0.2, 0.25) is 11.8 Å². The van der Waals surface area contributed by atoms with E-state index in [4.69, 9.17) is 16.6 Å². The number of carbonyl (C=O) groups excluding carboxylic acids is 2. The zero-order chi connectivity index (χ0) is 38.0. The number of rotatable bonds is 17. The second-order valence-corrected chi connectivity index (χ2v) is 11.5. The third-order valence-corrected chi connectivity index (χ3v) is 7.22. The van der Waals surface area contributed by atoms with Gasteiger partial charge in [0, 0.05) is 54.4 Å². The molecule has 0 spiro atoms. The van der Waals surface area contributed by atoms with Gasteiger partial charge in [0.05, 0.1) is 43.8 Å². The van der Waals surface area contributed by atoms with Gasteiger partial charge in [0.15, 0.2) is 0 Å². The molecule has 4 aromatic rings. The molecule has 0 radical (unpaired) electrons. The summed E-state index contributed by atoms with van der Waals surface area (Å²) < 4.78 is 0. The van der Waals surface area contributed by atoms with Crippen LogP contribution in [-0.2, 0) is 24.0 Å². The lowest BCUT2D eigenvalue weighted by Gasteiger charge is -2.27. The number of carboxylic acids is 3. The SMILES string of the molecule is CCN.NC(=O)CN(CCN(CCN(CC(=O)O)CC(=O)Nc1ccc(C#Cc2ccc3ccc4cccnc4c3n2)cc1)CC(=O)O)CC(=O)O. The second kappa shape index (κ2) is 20.6. The van der Waals surface area contributed by atoms with Crippen molar-refractivity contribution in [1.29, 1.82) is 0 Å². The number of amides is 2. The number of aromatic nitrogens is 2. The van der Waals surface area contributed by atoms with Crippen LogP contribution in [0.25, 0.3) is 21.8 Å². The van der Waals surface area contributed by atoms with Crippen LogP contribution in [-0.4, -0.2) is 135 Å². The van der Waals surface area contributed by atoms with E-state index in [1.807, 2.05) is 43.3 Å². The normalized spacial score (nSPS) is 10.8. The molecule has 0 aliphatic rings. The molecule has 52 heavy (non-hydrogen) atoms. The molecule has 16 nitrogen and oxygen atoms in total. The Balaban J connectivity index is 0.00000235. The summed E-state index contributed by atoms with van der Waals surface area (Å²) in [6.07, 6.45) is 1.72. The summed E-state index contributed by atoms with van der Waals surface area (Å²) in [5, 5.41) is 32.5. The minimum atomic E-state index is -1.18. The Morgan fingerprint density at radius 3 is 1.79 bits per heavy atom. The molecule has 0 saturated heterocycles. The standard InChI is InChI=1S/C34H35N7O8.C2H7N/c35-28(42)18-40(21-31(46)47)16-14-39(20-30(44)45)15-17-41(22-32(48)49)19-29(43)37-26-9-3-23(4-10-26)5-11-27-12-8-25-7-6-24-2-1-13-36-33(24)34(25)38-27;1-2-3/h1-4,6-10,12-13H,14-22H2,(H2,35,42)(H,37,43)(H,44,45)(H,46,47)(H,48,49);2-3H2,1H3. The third-order valence-electron chi connectivity index (χ3n) is 7.22. The van der Waals surface area contributed by atoms with Crippen molar-refractivity contribution in [3.63, 3.8) is 0 Å². The summed E-state index contributed by atoms with van der Waals surface area (Å²) in [4.78, 5) is 71.4. The number of primary amides is 1. The lowest BCUT2D eigenvalue weighted by molar-refractivity contribution is -0.140. The predicted molar refractivity (Wildman–Crippen MR) is 194 cm³/mol. The van der Waals surface area contributed by atoms with Gasteiger partial charge >= 0.3 is 17.9 Å². The first-order valence-electron chi connectivity index (χ1n) is 16.2. The van der Waals surface area contributed by atoms with Crippen LogP contribution in [0.1, 0.15) is 18.2 Å². The highest BCUT2D eigenvalue weighted by Gasteiger charge is 2.19. The number of nitrogens with one attached hydrogen (secondary N) is 1. The van der Waals surface area contributed by atoms with Crippen molar-refractivity contribution in [2.24, 2.45) is 11.5 Å². The smallest absolute Gasteiger partial charge is 0.317 e. The number of carboxylic acid groups (broad SMARTS) is 3.